The van der Waals surface area contributed by atoms with E-state index < -0.39 is 0 Å². The number of hydrogen-bond donors (Lipinski definition) is 1. The molecule has 0 spiro atoms. The molecule has 1 unspecified atom stereocenters. The molecule has 1 aromatic rings. The van der Waals surface area contributed by atoms with Crippen molar-refractivity contribution in [3.05, 3.63) is 29.3 Å². The topological polar surface area (TPSA) is 23.5 Å². The first-order valence-electron chi connectivity index (χ1n) is 6.45. The fourth-order valence-corrected chi connectivity index (χ4v) is 2.62. The van der Waals surface area contributed by atoms with Crippen molar-refractivity contribution in [3.8, 4) is 0 Å². The Balaban J connectivity index is 2.48. The lowest BCUT2D eigenvalue weighted by Crippen LogP contribution is -2.49. The van der Waals surface area contributed by atoms with Gasteiger partial charge in [-0.1, -0.05) is 19.1 Å². The van der Waals surface area contributed by atoms with E-state index in [2.05, 4.69) is 50.8 Å². The van der Waals surface area contributed by atoms with Gasteiger partial charge in [0.2, 0.25) is 0 Å². The summed E-state index contributed by atoms with van der Waals surface area (Å²) in [4.78, 5) is 2.36. The van der Waals surface area contributed by atoms with Crippen LogP contribution in [0.1, 0.15) is 44.2 Å². The number of benzene rings is 1. The van der Waals surface area contributed by atoms with Crippen LogP contribution >= 0.6 is 0 Å². The molecule has 0 amide bonds. The second-order valence-corrected chi connectivity index (χ2v) is 5.87. The summed E-state index contributed by atoms with van der Waals surface area (Å²) in [6.45, 7) is 9.85. The van der Waals surface area contributed by atoms with Gasteiger partial charge in [-0.05, 0) is 50.3 Å². The summed E-state index contributed by atoms with van der Waals surface area (Å²) in [5, 5.41) is 9.57. The molecule has 0 bridgehead atoms. The molecule has 1 aliphatic rings. The molecular weight excluding hydrogens is 210 g/mol. The average Bonchev–Trinajstić information content (AvgIpc) is 2.29. The van der Waals surface area contributed by atoms with Crippen molar-refractivity contribution >= 4 is 5.69 Å². The van der Waals surface area contributed by atoms with Crippen molar-refractivity contribution in [2.45, 2.75) is 45.6 Å². The maximum Gasteiger partial charge on any atom is 0.0658 e. The highest BCUT2D eigenvalue weighted by Crippen LogP contribution is 2.38. The van der Waals surface area contributed by atoms with Crippen molar-refractivity contribution in [2.75, 3.05) is 18.1 Å². The van der Waals surface area contributed by atoms with E-state index in [1.807, 2.05) is 0 Å². The zero-order chi connectivity index (χ0) is 12.6. The third kappa shape index (κ3) is 2.19. The summed E-state index contributed by atoms with van der Waals surface area (Å²) in [5.41, 5.74) is 3.84. The van der Waals surface area contributed by atoms with E-state index in [1.165, 1.54) is 23.2 Å². The molecule has 0 aliphatic carbocycles. The lowest BCUT2D eigenvalue weighted by atomic mass is 9.87. The highest BCUT2D eigenvalue weighted by Gasteiger charge is 2.32. The van der Waals surface area contributed by atoms with Gasteiger partial charge in [-0.3, -0.25) is 0 Å². The first kappa shape index (κ1) is 12.4. The van der Waals surface area contributed by atoms with Crippen molar-refractivity contribution in [2.24, 2.45) is 0 Å². The van der Waals surface area contributed by atoms with E-state index in [-0.39, 0.29) is 12.1 Å². The molecule has 1 N–H and O–H groups in total. The molecule has 0 radical (unpaired) electrons. The Morgan fingerprint density at radius 2 is 2.12 bits per heavy atom. The molecule has 1 aromatic carbocycles. The van der Waals surface area contributed by atoms with Gasteiger partial charge in [-0.15, -0.1) is 0 Å². The van der Waals surface area contributed by atoms with E-state index >= 15 is 0 Å². The van der Waals surface area contributed by atoms with Gasteiger partial charge in [0.05, 0.1) is 12.1 Å². The zero-order valence-corrected chi connectivity index (χ0v) is 11.3. The van der Waals surface area contributed by atoms with Gasteiger partial charge in [-0.25, -0.2) is 0 Å². The quantitative estimate of drug-likeness (QED) is 0.848. The largest absolute Gasteiger partial charge is 0.394 e. The highest BCUT2D eigenvalue weighted by atomic mass is 16.3. The first-order valence-corrected chi connectivity index (χ1v) is 6.45. The predicted octanol–water partition coefficient (Wildman–Crippen LogP) is 3.08. The Morgan fingerprint density at radius 3 is 2.76 bits per heavy atom. The number of hydrogen-bond acceptors (Lipinski definition) is 2. The van der Waals surface area contributed by atoms with Gasteiger partial charge in [0.1, 0.15) is 0 Å². The second-order valence-electron chi connectivity index (χ2n) is 5.87. The van der Waals surface area contributed by atoms with Gasteiger partial charge < -0.3 is 10.0 Å². The fourth-order valence-electron chi connectivity index (χ4n) is 2.62. The van der Waals surface area contributed by atoms with Crippen LogP contribution in [0.3, 0.4) is 0 Å². The van der Waals surface area contributed by atoms with Gasteiger partial charge in [0, 0.05) is 12.2 Å². The highest BCUT2D eigenvalue weighted by molar-refractivity contribution is 5.60. The van der Waals surface area contributed by atoms with Crippen molar-refractivity contribution in [1.82, 2.24) is 0 Å². The summed E-state index contributed by atoms with van der Waals surface area (Å²) >= 11 is 0. The normalized spacial score (nSPS) is 20.3. The van der Waals surface area contributed by atoms with Crippen molar-refractivity contribution < 1.29 is 5.11 Å². The molecule has 17 heavy (non-hydrogen) atoms. The molecule has 2 nitrogen and oxygen atoms in total. The number of aliphatic hydroxyl groups is 1. The fraction of sp³-hybridized carbons (Fsp3) is 0.600. The minimum absolute atomic E-state index is 0.178. The number of aryl methyl sites for hydroxylation is 1. The molecule has 1 atom stereocenters. The lowest BCUT2D eigenvalue weighted by molar-refractivity contribution is 0.209. The van der Waals surface area contributed by atoms with Crippen LogP contribution in [0, 0.1) is 6.92 Å². The summed E-state index contributed by atoms with van der Waals surface area (Å²) < 4.78 is 0. The van der Waals surface area contributed by atoms with E-state index in [0.717, 1.165) is 6.54 Å². The minimum atomic E-state index is -0.178. The standard InChI is InChI=1S/C15H23NO/c1-11-5-6-13-12(2)7-8-16(14(13)9-11)15(3,4)10-17/h5-6,9,12,17H,7-8,10H2,1-4H3. The third-order valence-electron chi connectivity index (χ3n) is 3.91. The van der Waals surface area contributed by atoms with Gasteiger partial charge in [0.15, 0.2) is 0 Å². The second kappa shape index (κ2) is 4.34. The Morgan fingerprint density at radius 1 is 1.41 bits per heavy atom. The first-order chi connectivity index (χ1) is 7.95. The zero-order valence-electron chi connectivity index (χ0n) is 11.3. The number of aliphatic hydroxyl groups excluding tert-OH is 1. The third-order valence-corrected chi connectivity index (χ3v) is 3.91. The molecule has 1 heterocycles. The van der Waals surface area contributed by atoms with Crippen LogP contribution in [0.15, 0.2) is 18.2 Å². The van der Waals surface area contributed by atoms with Gasteiger partial charge in [-0.2, -0.15) is 0 Å². The molecular formula is C15H23NO. The molecule has 0 aromatic heterocycles. The molecule has 94 valence electrons. The predicted molar refractivity (Wildman–Crippen MR) is 72.7 cm³/mol. The molecule has 2 rings (SSSR count). The lowest BCUT2D eigenvalue weighted by Gasteiger charge is -2.44. The Hall–Kier alpha value is -1.02. The van der Waals surface area contributed by atoms with Crippen LogP contribution in [0.25, 0.3) is 0 Å². The monoisotopic (exact) mass is 233 g/mol. The molecule has 1 aliphatic heterocycles. The number of nitrogens with zero attached hydrogens (tertiary/aromatic N) is 1. The summed E-state index contributed by atoms with van der Waals surface area (Å²) in [7, 11) is 0. The molecule has 0 fully saturated rings. The Kier molecular flexibility index (Phi) is 3.17. The summed E-state index contributed by atoms with van der Waals surface area (Å²) in [6.07, 6.45) is 1.17. The number of anilines is 1. The maximum atomic E-state index is 9.57. The van der Waals surface area contributed by atoms with Crippen LogP contribution in [-0.2, 0) is 0 Å². The molecule has 2 heteroatoms. The summed E-state index contributed by atoms with van der Waals surface area (Å²) in [6, 6.07) is 6.68. The summed E-state index contributed by atoms with van der Waals surface area (Å²) in [5.74, 6) is 0.622. The average molecular weight is 233 g/mol. The minimum Gasteiger partial charge on any atom is -0.394 e. The molecule has 0 saturated carbocycles. The number of fused-ring (bicyclic) bond motifs is 1. The van der Waals surface area contributed by atoms with Crippen LogP contribution < -0.4 is 4.90 Å². The van der Waals surface area contributed by atoms with E-state index in [0.29, 0.717) is 5.92 Å². The van der Waals surface area contributed by atoms with Crippen LogP contribution in [0.5, 0.6) is 0 Å². The van der Waals surface area contributed by atoms with E-state index in [9.17, 15) is 5.11 Å². The van der Waals surface area contributed by atoms with Crippen molar-refractivity contribution in [3.63, 3.8) is 0 Å². The number of rotatable bonds is 2. The Bertz CT molecular complexity index is 411. The smallest absolute Gasteiger partial charge is 0.0658 e. The van der Waals surface area contributed by atoms with Crippen LogP contribution in [0.2, 0.25) is 0 Å². The van der Waals surface area contributed by atoms with Gasteiger partial charge >= 0.3 is 0 Å². The molecule has 0 saturated heterocycles. The van der Waals surface area contributed by atoms with E-state index in [4.69, 9.17) is 0 Å². The SMILES string of the molecule is Cc1ccc2c(c1)N(C(C)(C)CO)CCC2C. The van der Waals surface area contributed by atoms with Gasteiger partial charge in [0.25, 0.3) is 0 Å². The van der Waals surface area contributed by atoms with Crippen LogP contribution in [-0.4, -0.2) is 23.8 Å². The Labute approximate surface area is 104 Å². The van der Waals surface area contributed by atoms with Crippen LogP contribution in [0.4, 0.5) is 5.69 Å². The van der Waals surface area contributed by atoms with Crippen molar-refractivity contribution in [1.29, 1.82) is 0 Å². The van der Waals surface area contributed by atoms with E-state index in [1.54, 1.807) is 0 Å². The maximum absolute atomic E-state index is 9.57.